The maximum atomic E-state index is 10.3. The lowest BCUT2D eigenvalue weighted by Crippen LogP contribution is -2.06. The third-order valence-corrected chi connectivity index (χ3v) is 2.70. The van der Waals surface area contributed by atoms with Crippen LogP contribution in [-0.4, -0.2) is 37.0 Å². The lowest BCUT2D eigenvalue weighted by Gasteiger charge is -2.01. The van der Waals surface area contributed by atoms with Crippen LogP contribution in [0.4, 0.5) is 0 Å². The molecule has 0 aliphatic rings. The van der Waals surface area contributed by atoms with Crippen LogP contribution in [0.3, 0.4) is 0 Å². The van der Waals surface area contributed by atoms with Gasteiger partial charge in [-0.2, -0.15) is 0 Å². The number of hydrogen-bond donors (Lipinski definition) is 1. The highest BCUT2D eigenvalue weighted by Crippen LogP contribution is 2.09. The minimum Gasteiger partial charge on any atom is -0.481 e. The topological polar surface area (TPSA) is 80.9 Å². The number of carboxylic acids is 1. The van der Waals surface area contributed by atoms with Gasteiger partial charge >= 0.3 is 5.97 Å². The molecule has 0 saturated heterocycles. The van der Waals surface area contributed by atoms with E-state index in [1.165, 1.54) is 11.8 Å². The first-order chi connectivity index (χ1) is 7.24. The number of hydrogen-bond acceptors (Lipinski definition) is 5. The van der Waals surface area contributed by atoms with Crippen molar-refractivity contribution in [2.45, 2.75) is 32.1 Å². The molecule has 0 fully saturated rings. The van der Waals surface area contributed by atoms with Crippen molar-refractivity contribution in [1.82, 2.24) is 20.2 Å². The number of carboxylic acid groups (broad SMARTS) is 1. The van der Waals surface area contributed by atoms with E-state index in [0.29, 0.717) is 5.75 Å². The number of aromatic nitrogens is 4. The van der Waals surface area contributed by atoms with Gasteiger partial charge in [0.2, 0.25) is 0 Å². The maximum absolute atomic E-state index is 10.3. The first kappa shape index (κ1) is 12.0. The summed E-state index contributed by atoms with van der Waals surface area (Å²) in [5, 5.41) is 19.7. The van der Waals surface area contributed by atoms with Gasteiger partial charge < -0.3 is 5.11 Å². The van der Waals surface area contributed by atoms with E-state index in [4.69, 9.17) is 5.11 Å². The number of aryl methyl sites for hydroxylation is 1. The van der Waals surface area contributed by atoms with Gasteiger partial charge in [-0.05, 0) is 16.8 Å². The van der Waals surface area contributed by atoms with Crippen molar-refractivity contribution in [3.05, 3.63) is 5.82 Å². The molecule has 1 aromatic heterocycles. The molecule has 0 atom stereocenters. The van der Waals surface area contributed by atoms with Crippen molar-refractivity contribution in [3.63, 3.8) is 0 Å². The van der Waals surface area contributed by atoms with Gasteiger partial charge in [0, 0.05) is 6.54 Å². The van der Waals surface area contributed by atoms with Crippen LogP contribution in [0.5, 0.6) is 0 Å². The van der Waals surface area contributed by atoms with Gasteiger partial charge in [-0.3, -0.25) is 4.79 Å². The van der Waals surface area contributed by atoms with Gasteiger partial charge in [0.1, 0.15) is 0 Å². The molecule has 0 aromatic carbocycles. The standard InChI is InChI=1S/C8H14N4O2S/c1-2-3-4-12-7(9-10-11-12)5-15-6-8(13)14/h2-6H2,1H3,(H,13,14). The van der Waals surface area contributed by atoms with Gasteiger partial charge in [0.15, 0.2) is 5.82 Å². The molecular weight excluding hydrogens is 216 g/mol. The Labute approximate surface area is 92.0 Å². The van der Waals surface area contributed by atoms with E-state index in [1.54, 1.807) is 4.68 Å². The third kappa shape index (κ3) is 4.28. The fourth-order valence-corrected chi connectivity index (χ4v) is 1.70. The van der Waals surface area contributed by atoms with Crippen LogP contribution in [0.15, 0.2) is 0 Å². The average Bonchev–Trinajstić information content (AvgIpc) is 2.62. The number of tetrazole rings is 1. The van der Waals surface area contributed by atoms with Gasteiger partial charge in [0.05, 0.1) is 11.5 Å². The van der Waals surface area contributed by atoms with Crippen LogP contribution in [0.25, 0.3) is 0 Å². The number of aliphatic carboxylic acids is 1. The fourth-order valence-electron chi connectivity index (χ4n) is 1.04. The predicted octanol–water partition coefficient (Wildman–Crippen LogP) is 0.791. The average molecular weight is 230 g/mol. The summed E-state index contributed by atoms with van der Waals surface area (Å²) >= 11 is 1.30. The molecule has 0 aliphatic heterocycles. The normalized spacial score (nSPS) is 10.5. The zero-order chi connectivity index (χ0) is 11.1. The SMILES string of the molecule is CCCCn1nnnc1CSCC(=O)O. The second-order valence-electron chi connectivity index (χ2n) is 3.06. The molecule has 0 unspecified atom stereocenters. The van der Waals surface area contributed by atoms with E-state index in [1.807, 2.05) is 0 Å². The van der Waals surface area contributed by atoms with Crippen molar-refractivity contribution in [3.8, 4) is 0 Å². The highest BCUT2D eigenvalue weighted by Gasteiger charge is 2.06. The van der Waals surface area contributed by atoms with Gasteiger partial charge in [-0.1, -0.05) is 13.3 Å². The molecule has 15 heavy (non-hydrogen) atoms. The van der Waals surface area contributed by atoms with Crippen LogP contribution in [0, 0.1) is 0 Å². The quantitative estimate of drug-likeness (QED) is 0.746. The van der Waals surface area contributed by atoms with Gasteiger partial charge in [0.25, 0.3) is 0 Å². The van der Waals surface area contributed by atoms with E-state index in [9.17, 15) is 4.79 Å². The number of carbonyl (C=O) groups is 1. The fraction of sp³-hybridized carbons (Fsp3) is 0.750. The molecule has 1 aromatic rings. The molecule has 0 radical (unpaired) electrons. The molecule has 84 valence electrons. The summed E-state index contributed by atoms with van der Waals surface area (Å²) in [4.78, 5) is 10.3. The molecule has 1 rings (SSSR count). The lowest BCUT2D eigenvalue weighted by molar-refractivity contribution is -0.133. The van der Waals surface area contributed by atoms with E-state index in [2.05, 4.69) is 22.4 Å². The Hall–Kier alpha value is -1.11. The van der Waals surface area contributed by atoms with Crippen LogP contribution < -0.4 is 0 Å². The summed E-state index contributed by atoms with van der Waals surface area (Å²) in [6.45, 7) is 2.90. The first-order valence-corrected chi connectivity index (χ1v) is 5.94. The van der Waals surface area contributed by atoms with Crippen molar-refractivity contribution in [2.24, 2.45) is 0 Å². The van der Waals surface area contributed by atoms with E-state index in [0.717, 1.165) is 25.2 Å². The van der Waals surface area contributed by atoms with Crippen LogP contribution in [0.1, 0.15) is 25.6 Å². The summed E-state index contributed by atoms with van der Waals surface area (Å²) in [6.07, 6.45) is 2.11. The summed E-state index contributed by atoms with van der Waals surface area (Å²) in [7, 11) is 0. The Morgan fingerprint density at radius 2 is 2.40 bits per heavy atom. The lowest BCUT2D eigenvalue weighted by atomic mass is 10.3. The minimum atomic E-state index is -0.812. The summed E-state index contributed by atoms with van der Waals surface area (Å²) in [6, 6.07) is 0. The smallest absolute Gasteiger partial charge is 0.313 e. The third-order valence-electron chi connectivity index (χ3n) is 1.79. The maximum Gasteiger partial charge on any atom is 0.313 e. The highest BCUT2D eigenvalue weighted by atomic mass is 32.2. The van der Waals surface area contributed by atoms with E-state index >= 15 is 0 Å². The van der Waals surface area contributed by atoms with Crippen molar-refractivity contribution >= 4 is 17.7 Å². The zero-order valence-electron chi connectivity index (χ0n) is 8.59. The second-order valence-corrected chi connectivity index (χ2v) is 4.04. The Morgan fingerprint density at radius 1 is 1.60 bits per heavy atom. The number of unbranched alkanes of at least 4 members (excludes halogenated alkanes) is 1. The monoisotopic (exact) mass is 230 g/mol. The molecule has 0 saturated carbocycles. The molecule has 0 bridgehead atoms. The zero-order valence-corrected chi connectivity index (χ0v) is 9.40. The van der Waals surface area contributed by atoms with Gasteiger partial charge in [-0.25, -0.2) is 4.68 Å². The van der Waals surface area contributed by atoms with Crippen LogP contribution >= 0.6 is 11.8 Å². The molecule has 1 heterocycles. The van der Waals surface area contributed by atoms with Crippen LogP contribution in [0.2, 0.25) is 0 Å². The first-order valence-electron chi connectivity index (χ1n) is 4.78. The molecule has 0 spiro atoms. The largest absolute Gasteiger partial charge is 0.481 e. The van der Waals surface area contributed by atoms with E-state index < -0.39 is 5.97 Å². The highest BCUT2D eigenvalue weighted by molar-refractivity contribution is 7.99. The summed E-state index contributed by atoms with van der Waals surface area (Å²) < 4.78 is 1.73. The number of nitrogens with zero attached hydrogens (tertiary/aromatic N) is 4. The van der Waals surface area contributed by atoms with Crippen LogP contribution in [-0.2, 0) is 17.1 Å². The summed E-state index contributed by atoms with van der Waals surface area (Å²) in [5.74, 6) is 0.561. The Morgan fingerprint density at radius 3 is 3.07 bits per heavy atom. The molecular formula is C8H14N4O2S. The molecule has 0 aliphatic carbocycles. The Balaban J connectivity index is 2.39. The Kier molecular flexibility index (Phi) is 5.09. The van der Waals surface area contributed by atoms with Gasteiger partial charge in [-0.15, -0.1) is 16.9 Å². The number of thioether (sulfide) groups is 1. The minimum absolute atomic E-state index is 0.0840. The summed E-state index contributed by atoms with van der Waals surface area (Å²) in [5.41, 5.74) is 0. The Bertz CT molecular complexity index is 315. The second kappa shape index (κ2) is 6.39. The number of rotatable bonds is 7. The van der Waals surface area contributed by atoms with Crippen molar-refractivity contribution in [2.75, 3.05) is 5.75 Å². The molecule has 0 amide bonds. The van der Waals surface area contributed by atoms with Crippen molar-refractivity contribution < 1.29 is 9.90 Å². The van der Waals surface area contributed by atoms with Crippen molar-refractivity contribution in [1.29, 1.82) is 0 Å². The molecule has 1 N–H and O–H groups in total. The van der Waals surface area contributed by atoms with E-state index in [-0.39, 0.29) is 5.75 Å². The molecule has 7 heteroatoms. The molecule has 6 nitrogen and oxygen atoms in total. The predicted molar refractivity (Wildman–Crippen MR) is 56.5 cm³/mol.